The number of aromatic nitrogens is 2. The second-order valence-corrected chi connectivity index (χ2v) is 6.91. The van der Waals surface area contributed by atoms with E-state index in [1.54, 1.807) is 24.4 Å². The lowest BCUT2D eigenvalue weighted by molar-refractivity contribution is 0.0987. The molecule has 0 amide bonds. The molecule has 0 atom stereocenters. The molecule has 1 aromatic carbocycles. The molecule has 0 bridgehead atoms. The Balaban J connectivity index is 1.55. The number of nitrogens with zero attached hydrogens (tertiary/aromatic N) is 2. The van der Waals surface area contributed by atoms with E-state index >= 15 is 0 Å². The van der Waals surface area contributed by atoms with E-state index in [1.165, 1.54) is 25.1 Å². The van der Waals surface area contributed by atoms with E-state index in [0.717, 1.165) is 12.8 Å². The Labute approximate surface area is 156 Å². The number of aromatic amines is 1. The third-order valence-electron chi connectivity index (χ3n) is 5.16. The van der Waals surface area contributed by atoms with Crippen LogP contribution in [0.3, 0.4) is 0 Å². The van der Waals surface area contributed by atoms with Gasteiger partial charge in [0.05, 0.1) is 17.8 Å². The first kappa shape index (κ1) is 17.4. The number of carbonyl (C=O) groups excluding carboxylic acids is 1. The van der Waals surface area contributed by atoms with Gasteiger partial charge in [0, 0.05) is 40.5 Å². The normalized spacial score (nSPS) is 14.5. The summed E-state index contributed by atoms with van der Waals surface area (Å²) in [5, 5.41) is 13.1. The highest BCUT2D eigenvalue weighted by Crippen LogP contribution is 2.28. The summed E-state index contributed by atoms with van der Waals surface area (Å²) in [6.45, 7) is 0.293. The van der Waals surface area contributed by atoms with Gasteiger partial charge in [-0.2, -0.15) is 5.26 Å². The number of pyridine rings is 1. The van der Waals surface area contributed by atoms with Crippen molar-refractivity contribution in [2.45, 2.75) is 31.7 Å². The van der Waals surface area contributed by atoms with E-state index in [2.05, 4.69) is 21.4 Å². The molecule has 0 aliphatic heterocycles. The third-order valence-corrected chi connectivity index (χ3v) is 5.16. The van der Waals surface area contributed by atoms with Gasteiger partial charge in [0.25, 0.3) is 0 Å². The van der Waals surface area contributed by atoms with Crippen LogP contribution in [0.4, 0.5) is 4.39 Å². The number of nitrogens with one attached hydrogen (secondary N) is 2. The van der Waals surface area contributed by atoms with Crippen molar-refractivity contribution < 1.29 is 9.18 Å². The van der Waals surface area contributed by atoms with Crippen LogP contribution in [0.15, 0.2) is 36.7 Å². The van der Waals surface area contributed by atoms with Crippen molar-refractivity contribution in [3.05, 3.63) is 53.6 Å². The zero-order valence-corrected chi connectivity index (χ0v) is 14.8. The van der Waals surface area contributed by atoms with E-state index in [0.29, 0.717) is 45.9 Å². The highest BCUT2D eigenvalue weighted by Gasteiger charge is 2.17. The summed E-state index contributed by atoms with van der Waals surface area (Å²) in [4.78, 5) is 19.5. The summed E-state index contributed by atoms with van der Waals surface area (Å²) in [5.74, 6) is -0.447. The lowest BCUT2D eigenvalue weighted by Gasteiger charge is -2.11. The van der Waals surface area contributed by atoms with Crippen molar-refractivity contribution in [3.63, 3.8) is 0 Å². The summed E-state index contributed by atoms with van der Waals surface area (Å²) in [7, 11) is 0. The number of halogens is 1. The van der Waals surface area contributed by atoms with Crippen LogP contribution in [0, 0.1) is 17.1 Å². The topological polar surface area (TPSA) is 81.6 Å². The zero-order chi connectivity index (χ0) is 18.8. The predicted molar refractivity (Wildman–Crippen MR) is 101 cm³/mol. The molecule has 3 aromatic rings. The molecule has 4 rings (SSSR count). The molecule has 1 fully saturated rings. The number of hydrogen-bond acceptors (Lipinski definition) is 4. The molecule has 2 heterocycles. The molecule has 1 aliphatic rings. The molecule has 1 saturated carbocycles. The fraction of sp³-hybridized carbons (Fsp3) is 0.286. The summed E-state index contributed by atoms with van der Waals surface area (Å²) >= 11 is 0. The van der Waals surface area contributed by atoms with E-state index in [-0.39, 0.29) is 5.78 Å². The number of benzene rings is 1. The van der Waals surface area contributed by atoms with Crippen LogP contribution in [0.2, 0.25) is 0 Å². The number of rotatable bonds is 5. The molecule has 1 aliphatic carbocycles. The number of hydrogen-bond donors (Lipinski definition) is 2. The molecule has 6 heteroatoms. The number of H-pyrrole nitrogens is 1. The third kappa shape index (κ3) is 3.46. The molecule has 136 valence electrons. The lowest BCUT2D eigenvalue weighted by atomic mass is 10.0. The largest absolute Gasteiger partial charge is 0.360 e. The average Bonchev–Trinajstić information content (AvgIpc) is 3.35. The molecule has 0 unspecified atom stereocenters. The molecular formula is C21H19FN4O. The Morgan fingerprint density at radius 2 is 2.15 bits per heavy atom. The Hall–Kier alpha value is -3.04. The van der Waals surface area contributed by atoms with E-state index < -0.39 is 5.82 Å². The second kappa shape index (κ2) is 7.29. The van der Waals surface area contributed by atoms with Crippen molar-refractivity contribution in [3.8, 4) is 17.3 Å². The van der Waals surface area contributed by atoms with Gasteiger partial charge < -0.3 is 10.3 Å². The average molecular weight is 362 g/mol. The van der Waals surface area contributed by atoms with Gasteiger partial charge in [-0.3, -0.25) is 9.78 Å². The number of fused-ring (bicyclic) bond motifs is 1. The Kier molecular flexibility index (Phi) is 4.69. The quantitative estimate of drug-likeness (QED) is 0.673. The SMILES string of the molecule is N#Cc1c[nH]c2cc(F)c(-c3ccc(C(=O)CNC4CCCC4)cn3)cc12. The van der Waals surface area contributed by atoms with Gasteiger partial charge in [-0.05, 0) is 37.1 Å². The molecular weight excluding hydrogens is 343 g/mol. The van der Waals surface area contributed by atoms with Crippen LogP contribution in [0.25, 0.3) is 22.2 Å². The van der Waals surface area contributed by atoms with Crippen LogP contribution < -0.4 is 5.32 Å². The van der Waals surface area contributed by atoms with Crippen molar-refractivity contribution in [2.24, 2.45) is 0 Å². The fourth-order valence-corrected chi connectivity index (χ4v) is 3.62. The minimum Gasteiger partial charge on any atom is -0.360 e. The van der Waals surface area contributed by atoms with Crippen LogP contribution in [0.5, 0.6) is 0 Å². The summed E-state index contributed by atoms with van der Waals surface area (Å²) in [6, 6.07) is 8.81. The van der Waals surface area contributed by atoms with Crippen LogP contribution in [-0.2, 0) is 0 Å². The molecule has 27 heavy (non-hydrogen) atoms. The first-order valence-corrected chi connectivity index (χ1v) is 9.09. The van der Waals surface area contributed by atoms with Gasteiger partial charge in [0.2, 0.25) is 0 Å². The van der Waals surface area contributed by atoms with Crippen molar-refractivity contribution in [1.82, 2.24) is 15.3 Å². The summed E-state index contributed by atoms with van der Waals surface area (Å²) in [5.41, 5.74) is 2.26. The molecule has 2 aromatic heterocycles. The molecule has 0 saturated heterocycles. The Morgan fingerprint density at radius 3 is 2.85 bits per heavy atom. The lowest BCUT2D eigenvalue weighted by Crippen LogP contribution is -2.31. The Morgan fingerprint density at radius 1 is 1.33 bits per heavy atom. The Bertz CT molecular complexity index is 1030. The summed E-state index contributed by atoms with van der Waals surface area (Å²) < 4.78 is 14.5. The molecule has 5 nitrogen and oxygen atoms in total. The monoisotopic (exact) mass is 362 g/mol. The van der Waals surface area contributed by atoms with Gasteiger partial charge in [-0.1, -0.05) is 12.8 Å². The van der Waals surface area contributed by atoms with Crippen LogP contribution in [0.1, 0.15) is 41.6 Å². The van der Waals surface area contributed by atoms with Crippen LogP contribution in [-0.4, -0.2) is 28.3 Å². The minimum absolute atomic E-state index is 0.0192. The first-order valence-electron chi connectivity index (χ1n) is 9.09. The van der Waals surface area contributed by atoms with E-state index in [1.807, 2.05) is 0 Å². The van der Waals surface area contributed by atoms with Crippen molar-refractivity contribution in [1.29, 1.82) is 5.26 Å². The highest BCUT2D eigenvalue weighted by atomic mass is 19.1. The van der Waals surface area contributed by atoms with Crippen molar-refractivity contribution in [2.75, 3.05) is 6.54 Å². The fourth-order valence-electron chi connectivity index (χ4n) is 3.62. The van der Waals surface area contributed by atoms with Crippen LogP contribution >= 0.6 is 0 Å². The van der Waals surface area contributed by atoms with Gasteiger partial charge in [0.1, 0.15) is 11.9 Å². The smallest absolute Gasteiger partial charge is 0.178 e. The van der Waals surface area contributed by atoms with E-state index in [4.69, 9.17) is 5.26 Å². The summed E-state index contributed by atoms with van der Waals surface area (Å²) in [6.07, 6.45) is 7.71. The molecule has 0 spiro atoms. The van der Waals surface area contributed by atoms with Crippen molar-refractivity contribution >= 4 is 16.7 Å². The maximum atomic E-state index is 14.5. The van der Waals surface area contributed by atoms with Gasteiger partial charge >= 0.3 is 0 Å². The molecule has 2 N–H and O–H groups in total. The predicted octanol–water partition coefficient (Wildman–Crippen LogP) is 3.96. The highest BCUT2D eigenvalue weighted by molar-refractivity contribution is 5.97. The first-order chi connectivity index (χ1) is 13.2. The zero-order valence-electron chi connectivity index (χ0n) is 14.8. The minimum atomic E-state index is -0.427. The number of nitriles is 1. The second-order valence-electron chi connectivity index (χ2n) is 6.91. The molecule has 0 radical (unpaired) electrons. The number of Topliss-reactive ketones (excluding diaryl/α,β-unsaturated/α-hetero) is 1. The number of ketones is 1. The standard InChI is InChI=1S/C21H19FN4O/c22-18-8-20-16(14(9-23)11-26-20)7-17(18)19-6-5-13(10-25-19)21(27)12-24-15-3-1-2-4-15/h5-8,10-11,15,24,26H,1-4,12H2. The maximum absolute atomic E-state index is 14.5. The van der Waals surface area contributed by atoms with Gasteiger partial charge in [0.15, 0.2) is 5.78 Å². The van der Waals surface area contributed by atoms with Gasteiger partial charge in [-0.25, -0.2) is 4.39 Å². The maximum Gasteiger partial charge on any atom is 0.178 e. The number of carbonyl (C=O) groups is 1. The van der Waals surface area contributed by atoms with Gasteiger partial charge in [-0.15, -0.1) is 0 Å². The van der Waals surface area contributed by atoms with E-state index in [9.17, 15) is 9.18 Å².